The summed E-state index contributed by atoms with van der Waals surface area (Å²) in [5, 5.41) is 10.7. The van der Waals surface area contributed by atoms with Gasteiger partial charge in [-0.1, -0.05) is 13.3 Å². The lowest BCUT2D eigenvalue weighted by atomic mass is 10.0. The average molecular weight is 251 g/mol. The highest BCUT2D eigenvalue weighted by molar-refractivity contribution is 5.88. The van der Waals surface area contributed by atoms with Gasteiger partial charge in [0.1, 0.15) is 11.3 Å². The lowest BCUT2D eigenvalue weighted by Gasteiger charge is -2.19. The summed E-state index contributed by atoms with van der Waals surface area (Å²) in [6, 6.07) is 0. The van der Waals surface area contributed by atoms with Gasteiger partial charge in [-0.15, -0.1) is 5.10 Å². The van der Waals surface area contributed by atoms with Crippen molar-refractivity contribution in [3.8, 4) is 0 Å². The van der Waals surface area contributed by atoms with E-state index < -0.39 is 5.60 Å². The number of H-pyrrole nitrogens is 1. The Hall–Kier alpha value is -1.39. The Morgan fingerprint density at radius 3 is 2.61 bits per heavy atom. The molecule has 1 saturated carbocycles. The summed E-state index contributed by atoms with van der Waals surface area (Å²) in [5.74, 6) is 0.644. The number of carbonyl (C=O) groups is 1. The summed E-state index contributed by atoms with van der Waals surface area (Å²) in [4.78, 5) is 12.0. The molecule has 1 heterocycles. The maximum atomic E-state index is 12.0. The van der Waals surface area contributed by atoms with E-state index in [0.717, 1.165) is 18.5 Å². The van der Waals surface area contributed by atoms with Crippen LogP contribution >= 0.6 is 0 Å². The van der Waals surface area contributed by atoms with E-state index in [1.54, 1.807) is 0 Å². The molecule has 1 N–H and O–H groups in total. The van der Waals surface area contributed by atoms with E-state index in [1.807, 2.05) is 20.8 Å². The van der Waals surface area contributed by atoms with Gasteiger partial charge in [-0.05, 0) is 39.5 Å². The Morgan fingerprint density at radius 1 is 1.33 bits per heavy atom. The summed E-state index contributed by atoms with van der Waals surface area (Å²) in [6.45, 7) is 7.78. The van der Waals surface area contributed by atoms with Crippen LogP contribution in [0.5, 0.6) is 0 Å². The zero-order valence-electron chi connectivity index (χ0n) is 11.5. The van der Waals surface area contributed by atoms with E-state index in [0.29, 0.717) is 17.5 Å². The number of nitrogens with zero attached hydrogens (tertiary/aromatic N) is 2. The molecule has 0 aromatic carbocycles. The fourth-order valence-corrected chi connectivity index (χ4v) is 2.46. The van der Waals surface area contributed by atoms with E-state index in [2.05, 4.69) is 22.3 Å². The van der Waals surface area contributed by atoms with Crippen LogP contribution < -0.4 is 0 Å². The largest absolute Gasteiger partial charge is 0.455 e. The molecule has 2 rings (SSSR count). The second-order valence-corrected chi connectivity index (χ2v) is 6.17. The van der Waals surface area contributed by atoms with Gasteiger partial charge in [0.2, 0.25) is 0 Å². The van der Waals surface area contributed by atoms with Gasteiger partial charge in [-0.2, -0.15) is 10.3 Å². The van der Waals surface area contributed by atoms with Gasteiger partial charge in [0.15, 0.2) is 5.69 Å². The van der Waals surface area contributed by atoms with Gasteiger partial charge in [0.25, 0.3) is 0 Å². The smallest absolute Gasteiger partial charge is 0.361 e. The minimum Gasteiger partial charge on any atom is -0.455 e. The highest BCUT2D eigenvalue weighted by Crippen LogP contribution is 2.38. The zero-order valence-corrected chi connectivity index (χ0v) is 11.5. The Morgan fingerprint density at radius 2 is 2.06 bits per heavy atom. The molecule has 0 radical (unpaired) electrons. The molecular weight excluding hydrogens is 230 g/mol. The SMILES string of the molecule is CC1CCC(c2n[nH]nc2C(=O)OC(C)(C)C)C1. The van der Waals surface area contributed by atoms with Crippen LogP contribution in [0.2, 0.25) is 0 Å². The van der Waals surface area contributed by atoms with Gasteiger partial charge in [0.05, 0.1) is 0 Å². The van der Waals surface area contributed by atoms with Crippen molar-refractivity contribution in [3.63, 3.8) is 0 Å². The molecule has 0 saturated heterocycles. The molecule has 0 aliphatic heterocycles. The van der Waals surface area contributed by atoms with Crippen LogP contribution in [0.25, 0.3) is 0 Å². The molecule has 0 bridgehead atoms. The number of aromatic nitrogens is 3. The topological polar surface area (TPSA) is 67.9 Å². The van der Waals surface area contributed by atoms with E-state index in [1.165, 1.54) is 6.42 Å². The number of esters is 1. The van der Waals surface area contributed by atoms with E-state index in [9.17, 15) is 4.79 Å². The van der Waals surface area contributed by atoms with Crippen LogP contribution in [0.3, 0.4) is 0 Å². The van der Waals surface area contributed by atoms with Crippen molar-refractivity contribution in [1.29, 1.82) is 0 Å². The van der Waals surface area contributed by atoms with Crippen LogP contribution in [0.1, 0.15) is 69.1 Å². The maximum Gasteiger partial charge on any atom is 0.361 e. The summed E-state index contributed by atoms with van der Waals surface area (Å²) in [7, 11) is 0. The second kappa shape index (κ2) is 4.71. The highest BCUT2D eigenvalue weighted by atomic mass is 16.6. The predicted molar refractivity (Wildman–Crippen MR) is 67.3 cm³/mol. The molecule has 1 aliphatic carbocycles. The second-order valence-electron chi connectivity index (χ2n) is 6.17. The molecule has 1 aliphatic rings. The summed E-state index contributed by atoms with van der Waals surface area (Å²) < 4.78 is 5.35. The monoisotopic (exact) mass is 251 g/mol. The third-order valence-corrected chi connectivity index (χ3v) is 3.25. The number of nitrogens with one attached hydrogen (secondary N) is 1. The van der Waals surface area contributed by atoms with Crippen molar-refractivity contribution in [2.45, 2.75) is 58.5 Å². The Kier molecular flexibility index (Phi) is 3.41. The normalized spacial score (nSPS) is 24.2. The van der Waals surface area contributed by atoms with Gasteiger partial charge >= 0.3 is 5.97 Å². The first-order chi connectivity index (χ1) is 8.37. The molecule has 5 nitrogen and oxygen atoms in total. The Balaban J connectivity index is 2.15. The van der Waals surface area contributed by atoms with Crippen molar-refractivity contribution in [2.24, 2.45) is 5.92 Å². The minimum absolute atomic E-state index is 0.335. The van der Waals surface area contributed by atoms with Crippen molar-refractivity contribution < 1.29 is 9.53 Å². The van der Waals surface area contributed by atoms with Crippen LogP contribution in [0, 0.1) is 5.92 Å². The Bertz CT molecular complexity index is 434. The molecule has 1 aromatic rings. The average Bonchev–Trinajstić information content (AvgIpc) is 2.81. The molecule has 1 fully saturated rings. The third-order valence-electron chi connectivity index (χ3n) is 3.25. The molecule has 5 heteroatoms. The van der Waals surface area contributed by atoms with E-state index in [-0.39, 0.29) is 5.97 Å². The standard InChI is InChI=1S/C13H21N3O2/c1-8-5-6-9(7-8)10-11(15-16-14-10)12(17)18-13(2,3)4/h8-9H,5-7H2,1-4H3,(H,14,15,16). The van der Waals surface area contributed by atoms with Crippen LogP contribution in [0.15, 0.2) is 0 Å². The fraction of sp³-hybridized carbons (Fsp3) is 0.769. The third kappa shape index (κ3) is 2.89. The van der Waals surface area contributed by atoms with E-state index >= 15 is 0 Å². The quantitative estimate of drug-likeness (QED) is 0.820. The summed E-state index contributed by atoms with van der Waals surface area (Å²) in [6.07, 6.45) is 3.33. The predicted octanol–water partition coefficient (Wildman–Crippen LogP) is 2.66. The van der Waals surface area contributed by atoms with Gasteiger partial charge in [-0.25, -0.2) is 4.79 Å². The summed E-state index contributed by atoms with van der Waals surface area (Å²) in [5.41, 5.74) is 0.619. The fourth-order valence-electron chi connectivity index (χ4n) is 2.46. The van der Waals surface area contributed by atoms with Crippen LogP contribution in [-0.4, -0.2) is 27.0 Å². The summed E-state index contributed by atoms with van der Waals surface area (Å²) >= 11 is 0. The lowest BCUT2D eigenvalue weighted by Crippen LogP contribution is -2.25. The number of hydrogen-bond donors (Lipinski definition) is 1. The van der Waals surface area contributed by atoms with E-state index in [4.69, 9.17) is 4.74 Å². The number of ether oxygens (including phenoxy) is 1. The lowest BCUT2D eigenvalue weighted by molar-refractivity contribution is 0.00610. The highest BCUT2D eigenvalue weighted by Gasteiger charge is 2.31. The number of carbonyl (C=O) groups excluding carboxylic acids is 1. The molecule has 0 amide bonds. The molecule has 0 spiro atoms. The first-order valence-corrected chi connectivity index (χ1v) is 6.51. The van der Waals surface area contributed by atoms with Crippen LogP contribution in [0.4, 0.5) is 0 Å². The van der Waals surface area contributed by atoms with Crippen molar-refractivity contribution in [3.05, 3.63) is 11.4 Å². The number of aromatic amines is 1. The maximum absolute atomic E-state index is 12.0. The number of hydrogen-bond acceptors (Lipinski definition) is 4. The molecule has 2 unspecified atom stereocenters. The van der Waals surface area contributed by atoms with Crippen molar-refractivity contribution in [1.82, 2.24) is 15.4 Å². The van der Waals surface area contributed by atoms with Crippen molar-refractivity contribution in [2.75, 3.05) is 0 Å². The number of rotatable bonds is 2. The first-order valence-electron chi connectivity index (χ1n) is 6.51. The van der Waals surface area contributed by atoms with Gasteiger partial charge in [0, 0.05) is 5.92 Å². The zero-order chi connectivity index (χ0) is 13.3. The molecule has 2 atom stereocenters. The minimum atomic E-state index is -0.504. The first kappa shape index (κ1) is 13.1. The Labute approximate surface area is 107 Å². The van der Waals surface area contributed by atoms with Gasteiger partial charge in [-0.3, -0.25) is 0 Å². The van der Waals surface area contributed by atoms with Crippen molar-refractivity contribution >= 4 is 5.97 Å². The molecular formula is C13H21N3O2. The molecule has 1 aromatic heterocycles. The van der Waals surface area contributed by atoms with Crippen LogP contribution in [-0.2, 0) is 4.74 Å². The molecule has 18 heavy (non-hydrogen) atoms. The molecule has 100 valence electrons. The van der Waals surface area contributed by atoms with Gasteiger partial charge < -0.3 is 4.74 Å².